The van der Waals surface area contributed by atoms with Crippen molar-refractivity contribution in [3.63, 3.8) is 0 Å². The van der Waals surface area contributed by atoms with Gasteiger partial charge in [-0.3, -0.25) is 0 Å². The standard InChI is InChI=1S/C12H27O3Si.3C4H10O.Cr.O/c1-10(2,3)13-16(14-11(4,5)6)15-12(7,8)9;3*1-4(2,3)5;;/h1-9H3;3*5H,1-3H3;;. The van der Waals surface area contributed by atoms with E-state index in [0.717, 1.165) is 0 Å². The van der Waals surface area contributed by atoms with E-state index in [1.54, 1.807) is 62.3 Å². The molecule has 0 bridgehead atoms. The minimum absolute atomic E-state index is 0.245. The van der Waals surface area contributed by atoms with E-state index < -0.39 is 26.3 Å². The van der Waals surface area contributed by atoms with Crippen molar-refractivity contribution in [2.75, 3.05) is 0 Å². The molecule has 0 aromatic rings. The van der Waals surface area contributed by atoms with E-state index in [2.05, 4.69) is 0 Å². The average Bonchev–Trinajstić information content (AvgIpc) is 2.27. The van der Waals surface area contributed by atoms with Crippen molar-refractivity contribution in [2.45, 2.75) is 158 Å². The third-order valence-corrected chi connectivity index (χ3v) is 3.51. The number of aliphatic hydroxyl groups is 3. The molecule has 7 nitrogen and oxygen atoms in total. The van der Waals surface area contributed by atoms with Crippen LogP contribution in [-0.4, -0.2) is 58.5 Å². The van der Waals surface area contributed by atoms with Gasteiger partial charge in [-0.2, -0.15) is 0 Å². The van der Waals surface area contributed by atoms with E-state index in [1.807, 2.05) is 62.3 Å². The molecule has 1 radical (unpaired) electrons. The van der Waals surface area contributed by atoms with Gasteiger partial charge in [0.25, 0.3) is 0 Å². The van der Waals surface area contributed by atoms with Gasteiger partial charge in [0, 0.05) is 0 Å². The molecule has 0 aliphatic heterocycles. The first kappa shape index (κ1) is 43.4. The van der Waals surface area contributed by atoms with E-state index in [0.29, 0.717) is 0 Å². The summed E-state index contributed by atoms with van der Waals surface area (Å²) < 4.78 is 25.7. The van der Waals surface area contributed by atoms with Gasteiger partial charge in [-0.25, -0.2) is 0 Å². The SMILES string of the molecule is CC(C)(C)O.CC(C)(C)O.CC(C)(C)O.CC(C)(C)O[Si](OC(C)(C)C)OC(C)(C)C.[O]=[Cr]. The molecule has 0 amide bonds. The molecule has 0 saturated carbocycles. The Labute approximate surface area is 216 Å². The van der Waals surface area contributed by atoms with Crippen LogP contribution >= 0.6 is 0 Å². The molecule has 0 aliphatic rings. The monoisotopic (exact) mass is 537 g/mol. The van der Waals surface area contributed by atoms with E-state index in [-0.39, 0.29) is 16.8 Å². The topological polar surface area (TPSA) is 105 Å². The molecule has 0 spiro atoms. The Hall–Kier alpha value is 0.309. The Balaban J connectivity index is -0.000000125. The Morgan fingerprint density at radius 2 is 0.515 bits per heavy atom. The second-order valence-corrected chi connectivity index (χ2v) is 14.5. The van der Waals surface area contributed by atoms with Crippen molar-refractivity contribution in [3.8, 4) is 0 Å². The van der Waals surface area contributed by atoms with Gasteiger partial charge < -0.3 is 28.6 Å². The summed E-state index contributed by atoms with van der Waals surface area (Å²) in [5.41, 5.74) is -2.24. The fraction of sp³-hybridized carbons (Fsp3) is 1.00. The predicted octanol–water partition coefficient (Wildman–Crippen LogP) is 5.63. The average molecular weight is 538 g/mol. The van der Waals surface area contributed by atoms with Crippen molar-refractivity contribution in [1.82, 2.24) is 0 Å². The van der Waals surface area contributed by atoms with Crippen LogP contribution < -0.4 is 0 Å². The molecule has 0 saturated heterocycles. The summed E-state index contributed by atoms with van der Waals surface area (Å²) in [6.45, 7) is 33.8. The summed E-state index contributed by atoms with van der Waals surface area (Å²) >= 11 is 1.38. The van der Waals surface area contributed by atoms with Crippen molar-refractivity contribution in [3.05, 3.63) is 0 Å². The molecule has 0 heterocycles. The molecule has 0 aromatic carbocycles. The zero-order chi connectivity index (χ0) is 28.7. The summed E-state index contributed by atoms with van der Waals surface area (Å²) in [7, 11) is -1.72. The zero-order valence-electron chi connectivity index (χ0n) is 24.9. The van der Waals surface area contributed by atoms with E-state index in [1.165, 1.54) is 16.2 Å². The van der Waals surface area contributed by atoms with Crippen molar-refractivity contribution in [2.24, 2.45) is 0 Å². The summed E-state index contributed by atoms with van der Waals surface area (Å²) in [5, 5.41) is 25.6. The van der Waals surface area contributed by atoms with Crippen LogP contribution in [0.1, 0.15) is 125 Å². The summed E-state index contributed by atoms with van der Waals surface area (Å²) in [6.07, 6.45) is 0. The molecule has 0 aliphatic carbocycles. The second-order valence-electron chi connectivity index (χ2n) is 13.4. The maximum absolute atomic E-state index is 8.52. The molecule has 205 valence electrons. The van der Waals surface area contributed by atoms with Crippen LogP contribution in [0.2, 0.25) is 0 Å². The van der Waals surface area contributed by atoms with E-state index in [4.69, 9.17) is 32.4 Å². The van der Waals surface area contributed by atoms with Crippen LogP contribution in [0.5, 0.6) is 0 Å². The summed E-state index contributed by atoms with van der Waals surface area (Å²) in [6, 6.07) is 0. The number of hydrogen-bond acceptors (Lipinski definition) is 7. The van der Waals surface area contributed by atoms with Gasteiger partial charge >= 0.3 is 29.6 Å². The zero-order valence-corrected chi connectivity index (χ0v) is 27.2. The van der Waals surface area contributed by atoms with Gasteiger partial charge in [0.15, 0.2) is 0 Å². The van der Waals surface area contributed by atoms with Crippen LogP contribution in [0.15, 0.2) is 0 Å². The Kier molecular flexibility index (Phi) is 23.3. The van der Waals surface area contributed by atoms with Gasteiger partial charge in [-0.15, -0.1) is 0 Å². The molecule has 0 atom stereocenters. The normalized spacial score (nSPS) is 12.7. The first-order chi connectivity index (χ1) is 13.8. The second kappa shape index (κ2) is 17.7. The first-order valence-corrected chi connectivity index (χ1v) is 12.8. The van der Waals surface area contributed by atoms with Crippen LogP contribution in [0, 0.1) is 0 Å². The molecule has 0 fully saturated rings. The molecule has 33 heavy (non-hydrogen) atoms. The molecule has 0 unspecified atom stereocenters. The number of rotatable bonds is 3. The summed E-state index contributed by atoms with van der Waals surface area (Å²) in [4.78, 5) is 0. The third kappa shape index (κ3) is 127. The summed E-state index contributed by atoms with van der Waals surface area (Å²) in [5.74, 6) is 0. The molecular weight excluding hydrogens is 480 g/mol. The first-order valence-electron chi connectivity index (χ1n) is 11.1. The van der Waals surface area contributed by atoms with Crippen molar-refractivity contribution in [1.29, 1.82) is 0 Å². The third-order valence-electron chi connectivity index (χ3n) is 1.17. The van der Waals surface area contributed by atoms with Crippen LogP contribution in [0.4, 0.5) is 0 Å². The van der Waals surface area contributed by atoms with Gasteiger partial charge in [0.2, 0.25) is 0 Å². The Morgan fingerprint density at radius 3 is 0.576 bits per heavy atom. The molecule has 0 aromatic heterocycles. The van der Waals surface area contributed by atoms with Crippen LogP contribution in [-0.2, 0) is 33.3 Å². The maximum atomic E-state index is 8.52. The Morgan fingerprint density at radius 1 is 0.424 bits per heavy atom. The van der Waals surface area contributed by atoms with Crippen LogP contribution in [0.3, 0.4) is 0 Å². The quantitative estimate of drug-likeness (QED) is 0.401. The molecule has 9 heteroatoms. The van der Waals surface area contributed by atoms with Gasteiger partial charge in [0.05, 0.1) is 33.6 Å². The van der Waals surface area contributed by atoms with E-state index in [9.17, 15) is 0 Å². The Bertz CT molecular complexity index is 362. The van der Waals surface area contributed by atoms with Gasteiger partial charge in [0.1, 0.15) is 0 Å². The predicted molar refractivity (Wildman–Crippen MR) is 135 cm³/mol. The van der Waals surface area contributed by atoms with Gasteiger partial charge in [-0.05, 0) is 125 Å². The van der Waals surface area contributed by atoms with Crippen molar-refractivity contribution < 1.29 is 48.6 Å². The molecule has 3 N–H and O–H groups in total. The van der Waals surface area contributed by atoms with Gasteiger partial charge in [-0.1, -0.05) is 0 Å². The fourth-order valence-corrected chi connectivity index (χ4v) is 2.44. The van der Waals surface area contributed by atoms with Crippen molar-refractivity contribution >= 4 is 9.53 Å². The van der Waals surface area contributed by atoms with E-state index >= 15 is 0 Å². The molecule has 0 rings (SSSR count). The molecular formula is C24H57CrO7Si. The number of hydrogen-bond donors (Lipinski definition) is 3. The minimum atomic E-state index is -1.72. The fourth-order valence-electron chi connectivity index (χ4n) is 0.812. The van der Waals surface area contributed by atoms with Crippen LogP contribution in [0.25, 0.3) is 0 Å².